The molecule has 0 aromatic carbocycles. The number of epoxide rings is 1. The van der Waals surface area contributed by atoms with Gasteiger partial charge in [0, 0.05) is 16.7 Å². The van der Waals surface area contributed by atoms with Crippen molar-refractivity contribution in [3.8, 4) is 0 Å². The Morgan fingerprint density at radius 3 is 2.76 bits per heavy atom. The molecular formula is C14H20O3. The number of carbonyl (C=O) groups excluding carboxylic acids is 1. The Hall–Kier alpha value is -0.570. The van der Waals surface area contributed by atoms with Crippen molar-refractivity contribution in [2.75, 3.05) is 6.61 Å². The molecule has 2 saturated heterocycles. The highest BCUT2D eigenvalue weighted by molar-refractivity contribution is 5.77. The third kappa shape index (κ3) is 0.906. The third-order valence-corrected chi connectivity index (χ3v) is 6.33. The molecule has 0 aromatic rings. The van der Waals surface area contributed by atoms with Gasteiger partial charge in [0.05, 0.1) is 24.7 Å². The molecule has 0 aromatic heterocycles. The largest absolute Gasteiger partial charge is 0.465 e. The van der Waals surface area contributed by atoms with Crippen LogP contribution in [0.15, 0.2) is 0 Å². The molecule has 3 saturated carbocycles. The first-order valence-corrected chi connectivity index (χ1v) is 6.84. The van der Waals surface area contributed by atoms with Crippen LogP contribution in [-0.4, -0.2) is 24.8 Å². The molecule has 6 unspecified atom stereocenters. The van der Waals surface area contributed by atoms with E-state index in [1.54, 1.807) is 0 Å². The maximum Gasteiger partial charge on any atom is 0.310 e. The van der Waals surface area contributed by atoms with Crippen LogP contribution in [0.1, 0.15) is 33.6 Å². The number of cyclic esters (lactones) is 1. The van der Waals surface area contributed by atoms with Crippen LogP contribution in [0.25, 0.3) is 0 Å². The molecule has 3 nitrogen and oxygen atoms in total. The zero-order valence-electron chi connectivity index (χ0n) is 10.7. The third-order valence-electron chi connectivity index (χ3n) is 6.33. The molecule has 3 aliphatic carbocycles. The minimum atomic E-state index is 0.0450. The normalized spacial score (nSPS) is 58.9. The summed E-state index contributed by atoms with van der Waals surface area (Å²) in [4.78, 5) is 12.1. The summed E-state index contributed by atoms with van der Waals surface area (Å²) >= 11 is 0. The minimum absolute atomic E-state index is 0.0450. The van der Waals surface area contributed by atoms with Crippen molar-refractivity contribution in [1.82, 2.24) is 0 Å². The van der Waals surface area contributed by atoms with Gasteiger partial charge in [-0.05, 0) is 18.8 Å². The lowest BCUT2D eigenvalue weighted by atomic mass is 9.43. The SMILES string of the molecule is CC(C)C12CCC(C)(C3COC(=O)C31)C1OC12. The first-order valence-electron chi connectivity index (χ1n) is 6.84. The second-order valence-corrected chi connectivity index (χ2v) is 6.96. The Kier molecular flexibility index (Phi) is 1.65. The van der Waals surface area contributed by atoms with Gasteiger partial charge < -0.3 is 9.47 Å². The number of ether oxygens (including phenoxy) is 2. The minimum Gasteiger partial charge on any atom is -0.465 e. The Labute approximate surface area is 102 Å². The van der Waals surface area contributed by atoms with Crippen LogP contribution in [0, 0.1) is 28.6 Å². The summed E-state index contributed by atoms with van der Waals surface area (Å²) in [5.41, 5.74) is 0.263. The number of fused-ring (bicyclic) bond motifs is 1. The maximum absolute atomic E-state index is 12.1. The van der Waals surface area contributed by atoms with E-state index in [0.29, 0.717) is 30.7 Å². The molecule has 2 bridgehead atoms. The van der Waals surface area contributed by atoms with E-state index in [0.717, 1.165) is 6.42 Å². The van der Waals surface area contributed by atoms with Gasteiger partial charge in [0.15, 0.2) is 0 Å². The number of hydrogen-bond acceptors (Lipinski definition) is 3. The molecular weight excluding hydrogens is 216 g/mol. The predicted octanol–water partition coefficient (Wildman–Crippen LogP) is 2.00. The van der Waals surface area contributed by atoms with Gasteiger partial charge in [0.25, 0.3) is 0 Å². The van der Waals surface area contributed by atoms with E-state index in [1.165, 1.54) is 6.42 Å². The van der Waals surface area contributed by atoms with Crippen LogP contribution in [0.2, 0.25) is 0 Å². The zero-order chi connectivity index (χ0) is 12.0. The average Bonchev–Trinajstić information content (AvgIpc) is 3.01. The first-order chi connectivity index (χ1) is 8.02. The van der Waals surface area contributed by atoms with E-state index in [4.69, 9.17) is 9.47 Å². The van der Waals surface area contributed by atoms with Gasteiger partial charge in [-0.15, -0.1) is 0 Å². The molecule has 3 heteroatoms. The molecule has 6 atom stereocenters. The van der Waals surface area contributed by atoms with E-state index in [2.05, 4.69) is 20.8 Å². The lowest BCUT2D eigenvalue weighted by Gasteiger charge is -2.56. The Morgan fingerprint density at radius 1 is 1.29 bits per heavy atom. The van der Waals surface area contributed by atoms with Crippen LogP contribution in [0.5, 0.6) is 0 Å². The highest BCUT2D eigenvalue weighted by Gasteiger charge is 2.78. The van der Waals surface area contributed by atoms with E-state index in [9.17, 15) is 4.79 Å². The number of rotatable bonds is 1. The summed E-state index contributed by atoms with van der Waals surface area (Å²) in [6, 6.07) is 0. The van der Waals surface area contributed by atoms with Crippen molar-refractivity contribution in [3.05, 3.63) is 0 Å². The fourth-order valence-corrected chi connectivity index (χ4v) is 5.19. The predicted molar refractivity (Wildman–Crippen MR) is 61.2 cm³/mol. The Bertz CT molecular complexity index is 404. The molecule has 0 spiro atoms. The first kappa shape index (κ1) is 10.4. The van der Waals surface area contributed by atoms with Crippen molar-refractivity contribution in [1.29, 1.82) is 0 Å². The molecule has 0 amide bonds. The van der Waals surface area contributed by atoms with Crippen LogP contribution >= 0.6 is 0 Å². The van der Waals surface area contributed by atoms with Crippen LogP contribution in [0.3, 0.4) is 0 Å². The zero-order valence-corrected chi connectivity index (χ0v) is 10.7. The van der Waals surface area contributed by atoms with Crippen molar-refractivity contribution in [2.24, 2.45) is 28.6 Å². The smallest absolute Gasteiger partial charge is 0.310 e. The Balaban J connectivity index is 1.88. The van der Waals surface area contributed by atoms with Crippen molar-refractivity contribution < 1.29 is 14.3 Å². The topological polar surface area (TPSA) is 38.8 Å². The summed E-state index contributed by atoms with van der Waals surface area (Å²) in [6.07, 6.45) is 3.06. The Morgan fingerprint density at radius 2 is 2.06 bits per heavy atom. The lowest BCUT2D eigenvalue weighted by molar-refractivity contribution is -0.153. The quantitative estimate of drug-likeness (QED) is 0.516. The van der Waals surface area contributed by atoms with E-state index < -0.39 is 0 Å². The van der Waals surface area contributed by atoms with E-state index >= 15 is 0 Å². The number of esters is 1. The van der Waals surface area contributed by atoms with Gasteiger partial charge in [0.1, 0.15) is 0 Å². The summed E-state index contributed by atoms with van der Waals surface area (Å²) in [6.45, 7) is 7.42. The summed E-state index contributed by atoms with van der Waals surface area (Å²) < 4.78 is 11.4. The van der Waals surface area contributed by atoms with Crippen molar-refractivity contribution in [3.63, 3.8) is 0 Å². The number of carbonyl (C=O) groups is 1. The van der Waals surface area contributed by atoms with Crippen LogP contribution in [-0.2, 0) is 14.3 Å². The molecule has 5 aliphatic rings. The highest BCUT2D eigenvalue weighted by Crippen LogP contribution is 2.73. The van der Waals surface area contributed by atoms with Crippen molar-refractivity contribution in [2.45, 2.75) is 45.8 Å². The van der Waals surface area contributed by atoms with Crippen LogP contribution in [0.4, 0.5) is 0 Å². The van der Waals surface area contributed by atoms with Gasteiger partial charge in [-0.3, -0.25) is 4.79 Å². The second-order valence-electron chi connectivity index (χ2n) is 6.96. The van der Waals surface area contributed by atoms with E-state index in [-0.39, 0.29) is 22.7 Å². The van der Waals surface area contributed by atoms with Crippen molar-refractivity contribution >= 4 is 5.97 Å². The molecule has 0 radical (unpaired) electrons. The fourth-order valence-electron chi connectivity index (χ4n) is 5.19. The molecule has 2 heterocycles. The van der Waals surface area contributed by atoms with Gasteiger partial charge in [-0.1, -0.05) is 20.8 Å². The fraction of sp³-hybridized carbons (Fsp3) is 0.929. The van der Waals surface area contributed by atoms with Gasteiger partial charge in [-0.2, -0.15) is 0 Å². The van der Waals surface area contributed by atoms with Crippen LogP contribution < -0.4 is 0 Å². The second kappa shape index (κ2) is 2.71. The average molecular weight is 236 g/mol. The number of hydrogen-bond donors (Lipinski definition) is 0. The standard InChI is InChI=1S/C14H20O3/c1-7(2)14-5-4-13(3,10-11(14)17-10)8-6-16-12(15)9(8)14/h7-11H,4-6H2,1-3H3. The molecule has 5 fully saturated rings. The summed E-state index contributed by atoms with van der Waals surface area (Å²) in [7, 11) is 0. The summed E-state index contributed by atoms with van der Waals surface area (Å²) in [5, 5.41) is 0. The monoisotopic (exact) mass is 236 g/mol. The molecule has 0 N–H and O–H groups in total. The van der Waals surface area contributed by atoms with Gasteiger partial charge >= 0.3 is 5.97 Å². The molecule has 17 heavy (non-hydrogen) atoms. The lowest BCUT2D eigenvalue weighted by Crippen LogP contribution is -2.60. The van der Waals surface area contributed by atoms with Gasteiger partial charge in [0.2, 0.25) is 0 Å². The highest BCUT2D eigenvalue weighted by atomic mass is 16.6. The molecule has 2 aliphatic heterocycles. The van der Waals surface area contributed by atoms with E-state index in [1.807, 2.05) is 0 Å². The molecule has 94 valence electrons. The maximum atomic E-state index is 12.1. The van der Waals surface area contributed by atoms with Gasteiger partial charge in [-0.25, -0.2) is 0 Å². The summed E-state index contributed by atoms with van der Waals surface area (Å²) in [5.74, 6) is 1.05. The molecule has 5 rings (SSSR count).